The lowest BCUT2D eigenvalue weighted by atomic mass is 9.34. The van der Waals surface area contributed by atoms with Gasteiger partial charge in [-0.3, -0.25) is 0 Å². The summed E-state index contributed by atoms with van der Waals surface area (Å²) in [4.78, 5) is 0. The van der Waals surface area contributed by atoms with Crippen LogP contribution in [0.1, 0.15) is 0 Å². The fourth-order valence-electron chi connectivity index (χ4n) is 7.10. The van der Waals surface area contributed by atoms with Gasteiger partial charge in [-0.05, 0) is 67.8 Å². The number of hydrogen-bond acceptors (Lipinski definition) is 0. The summed E-state index contributed by atoms with van der Waals surface area (Å²) in [6.07, 6.45) is 0. The highest BCUT2D eigenvalue weighted by Gasteiger charge is 2.30. The van der Waals surface area contributed by atoms with Gasteiger partial charge in [-0.1, -0.05) is 217 Å². The van der Waals surface area contributed by atoms with Gasteiger partial charge in [0.2, 0.25) is 6.71 Å². The van der Waals surface area contributed by atoms with E-state index in [-0.39, 0.29) is 6.71 Å². The van der Waals surface area contributed by atoms with Crippen LogP contribution in [-0.2, 0) is 0 Å². The zero-order chi connectivity index (χ0) is 32.8. The molecule has 0 aliphatic carbocycles. The SMILES string of the molecule is c1ccc(-c2ccc(B(c3ccccc3-c3ccccc3)c3ccc(-c4ccccc4)cc3-c3ccccc3)c(-c3ccccc3)c2)cc1. The minimum atomic E-state index is -0.0588. The molecule has 0 nitrogen and oxygen atoms in total. The molecule has 0 spiro atoms. The predicted molar refractivity (Wildman–Crippen MR) is 211 cm³/mol. The molecule has 0 atom stereocenters. The number of rotatable bonds is 8. The van der Waals surface area contributed by atoms with Crippen molar-refractivity contribution >= 4 is 23.1 Å². The van der Waals surface area contributed by atoms with Gasteiger partial charge >= 0.3 is 0 Å². The first-order chi connectivity index (χ1) is 24.3. The Balaban J connectivity index is 1.44. The van der Waals surface area contributed by atoms with Gasteiger partial charge in [-0.15, -0.1) is 0 Å². The minimum Gasteiger partial charge on any atom is -0.0664 e. The van der Waals surface area contributed by atoms with Crippen LogP contribution in [0.5, 0.6) is 0 Å². The molecule has 0 unspecified atom stereocenters. The van der Waals surface area contributed by atoms with Crippen LogP contribution < -0.4 is 16.4 Å². The van der Waals surface area contributed by atoms with E-state index in [1.54, 1.807) is 0 Å². The number of benzene rings is 8. The minimum absolute atomic E-state index is 0.0588. The Morgan fingerprint density at radius 1 is 0.204 bits per heavy atom. The highest BCUT2D eigenvalue weighted by Crippen LogP contribution is 2.30. The summed E-state index contributed by atoms with van der Waals surface area (Å²) in [5.74, 6) is 0. The lowest BCUT2D eigenvalue weighted by Gasteiger charge is -2.25. The van der Waals surface area contributed by atoms with Crippen LogP contribution in [0.3, 0.4) is 0 Å². The molecule has 0 amide bonds. The Hall–Kier alpha value is -6.18. The summed E-state index contributed by atoms with van der Waals surface area (Å²) in [5.41, 5.74) is 16.0. The Kier molecular flexibility index (Phi) is 8.56. The van der Waals surface area contributed by atoms with Crippen molar-refractivity contribution in [1.82, 2.24) is 0 Å². The highest BCUT2D eigenvalue weighted by molar-refractivity contribution is 6.98. The third kappa shape index (κ3) is 6.27. The van der Waals surface area contributed by atoms with E-state index in [9.17, 15) is 0 Å². The molecule has 0 aliphatic heterocycles. The fourth-order valence-corrected chi connectivity index (χ4v) is 7.10. The molecule has 0 aliphatic rings. The van der Waals surface area contributed by atoms with Crippen LogP contribution in [0, 0.1) is 0 Å². The Bertz CT molecular complexity index is 2170. The second kappa shape index (κ2) is 13.9. The molecule has 0 N–H and O–H groups in total. The summed E-state index contributed by atoms with van der Waals surface area (Å²) in [6, 6.07) is 77.0. The normalized spacial score (nSPS) is 10.9. The summed E-state index contributed by atoms with van der Waals surface area (Å²) >= 11 is 0. The Morgan fingerprint density at radius 2 is 0.510 bits per heavy atom. The van der Waals surface area contributed by atoms with E-state index < -0.39 is 0 Å². The molecule has 0 aromatic heterocycles. The predicted octanol–water partition coefficient (Wildman–Crippen LogP) is 10.5. The molecule has 0 bridgehead atoms. The monoisotopic (exact) mass is 622 g/mol. The van der Waals surface area contributed by atoms with Crippen molar-refractivity contribution in [2.24, 2.45) is 0 Å². The maximum Gasteiger partial charge on any atom is 0.243 e. The first-order valence-electron chi connectivity index (χ1n) is 17.0. The van der Waals surface area contributed by atoms with E-state index in [0.717, 1.165) is 0 Å². The van der Waals surface area contributed by atoms with Crippen LogP contribution >= 0.6 is 0 Å². The Morgan fingerprint density at radius 3 is 0.918 bits per heavy atom. The van der Waals surface area contributed by atoms with Gasteiger partial charge in [0.25, 0.3) is 0 Å². The number of hydrogen-bond donors (Lipinski definition) is 0. The van der Waals surface area contributed by atoms with Crippen molar-refractivity contribution in [1.29, 1.82) is 0 Å². The molecule has 8 aromatic carbocycles. The molecule has 0 fully saturated rings. The standard InChI is InChI=1S/C48H35B/c1-6-18-36(19-7-1)41-30-32-47(44(34-41)39-24-12-4-13-25-39)49(46-29-17-16-28-43(46)38-22-10-3-11-23-38)48-33-31-42(37-20-8-2-9-21-37)35-45(48)40-26-14-5-15-27-40/h1-35H. The molecule has 0 heterocycles. The van der Waals surface area contributed by atoms with Crippen LogP contribution in [0.4, 0.5) is 0 Å². The van der Waals surface area contributed by atoms with E-state index in [1.165, 1.54) is 72.0 Å². The van der Waals surface area contributed by atoms with Crippen LogP contribution in [0.25, 0.3) is 55.6 Å². The molecule has 0 radical (unpaired) electrons. The van der Waals surface area contributed by atoms with Gasteiger partial charge in [0, 0.05) is 0 Å². The quantitative estimate of drug-likeness (QED) is 0.148. The molecule has 49 heavy (non-hydrogen) atoms. The molecule has 0 saturated heterocycles. The largest absolute Gasteiger partial charge is 0.243 e. The van der Waals surface area contributed by atoms with Gasteiger partial charge in [-0.25, -0.2) is 0 Å². The van der Waals surface area contributed by atoms with Crippen molar-refractivity contribution in [3.63, 3.8) is 0 Å². The average Bonchev–Trinajstić information content (AvgIpc) is 3.20. The molecule has 0 saturated carbocycles. The molecular weight excluding hydrogens is 587 g/mol. The molecule has 1 heteroatoms. The molecular formula is C48H35B. The topological polar surface area (TPSA) is 0 Å². The van der Waals surface area contributed by atoms with Crippen LogP contribution in [0.15, 0.2) is 212 Å². The van der Waals surface area contributed by atoms with E-state index >= 15 is 0 Å². The van der Waals surface area contributed by atoms with Gasteiger partial charge in [0.1, 0.15) is 0 Å². The summed E-state index contributed by atoms with van der Waals surface area (Å²) < 4.78 is 0. The smallest absolute Gasteiger partial charge is 0.0664 e. The zero-order valence-electron chi connectivity index (χ0n) is 27.3. The lowest BCUT2D eigenvalue weighted by molar-refractivity contribution is 1.59. The highest BCUT2D eigenvalue weighted by atomic mass is 14.2. The first-order valence-corrected chi connectivity index (χ1v) is 17.0. The summed E-state index contributed by atoms with van der Waals surface area (Å²) in [7, 11) is 0. The van der Waals surface area contributed by atoms with Gasteiger partial charge in [0.15, 0.2) is 0 Å². The van der Waals surface area contributed by atoms with Crippen molar-refractivity contribution in [3.8, 4) is 55.6 Å². The van der Waals surface area contributed by atoms with Crippen LogP contribution in [-0.4, -0.2) is 6.71 Å². The van der Waals surface area contributed by atoms with Crippen LogP contribution in [0.2, 0.25) is 0 Å². The fraction of sp³-hybridized carbons (Fsp3) is 0. The summed E-state index contributed by atoms with van der Waals surface area (Å²) in [5, 5.41) is 0. The average molecular weight is 623 g/mol. The molecule has 230 valence electrons. The van der Waals surface area contributed by atoms with E-state index in [0.29, 0.717) is 0 Å². The van der Waals surface area contributed by atoms with Crippen molar-refractivity contribution in [2.75, 3.05) is 0 Å². The van der Waals surface area contributed by atoms with E-state index in [4.69, 9.17) is 0 Å². The van der Waals surface area contributed by atoms with E-state index in [2.05, 4.69) is 212 Å². The van der Waals surface area contributed by atoms with E-state index in [1.807, 2.05) is 0 Å². The van der Waals surface area contributed by atoms with Crippen molar-refractivity contribution in [3.05, 3.63) is 212 Å². The maximum atomic E-state index is 2.39. The third-order valence-electron chi connectivity index (χ3n) is 9.47. The maximum absolute atomic E-state index is 2.39. The van der Waals surface area contributed by atoms with Gasteiger partial charge in [-0.2, -0.15) is 0 Å². The summed E-state index contributed by atoms with van der Waals surface area (Å²) in [6.45, 7) is -0.0588. The third-order valence-corrected chi connectivity index (χ3v) is 9.47. The van der Waals surface area contributed by atoms with Crippen molar-refractivity contribution in [2.45, 2.75) is 0 Å². The van der Waals surface area contributed by atoms with Gasteiger partial charge in [0.05, 0.1) is 0 Å². The first kappa shape index (κ1) is 30.2. The lowest BCUT2D eigenvalue weighted by Crippen LogP contribution is -2.54. The molecule has 8 rings (SSSR count). The second-order valence-corrected chi connectivity index (χ2v) is 12.5. The van der Waals surface area contributed by atoms with Crippen molar-refractivity contribution < 1.29 is 0 Å². The second-order valence-electron chi connectivity index (χ2n) is 12.5. The zero-order valence-corrected chi connectivity index (χ0v) is 27.3. The Labute approximate surface area is 290 Å². The van der Waals surface area contributed by atoms with Gasteiger partial charge < -0.3 is 0 Å². The molecule has 8 aromatic rings.